The standard InChI is InChI=1S/C11H16N4O/c1-2-7-16-8-3-5-13-11-14-6-4-10(9-12)15-11/h4,6H,2-3,5,7-8H2,1H3,(H,13,14,15). The molecule has 5 heteroatoms. The van der Waals surface area contributed by atoms with Crippen molar-refractivity contribution in [2.45, 2.75) is 19.8 Å². The Balaban J connectivity index is 2.19. The lowest BCUT2D eigenvalue weighted by Gasteiger charge is -2.04. The minimum absolute atomic E-state index is 0.375. The molecule has 1 aromatic heterocycles. The van der Waals surface area contributed by atoms with E-state index in [0.29, 0.717) is 11.6 Å². The first-order valence-corrected chi connectivity index (χ1v) is 5.41. The Kier molecular flexibility index (Phi) is 5.89. The second-order valence-electron chi connectivity index (χ2n) is 3.27. The molecule has 0 spiro atoms. The lowest BCUT2D eigenvalue weighted by Crippen LogP contribution is -2.08. The molecule has 0 unspecified atom stereocenters. The predicted molar refractivity (Wildman–Crippen MR) is 61.0 cm³/mol. The number of nitrogens with zero attached hydrogens (tertiary/aromatic N) is 3. The molecule has 1 N–H and O–H groups in total. The molecule has 86 valence electrons. The Labute approximate surface area is 95.5 Å². The smallest absolute Gasteiger partial charge is 0.223 e. The second kappa shape index (κ2) is 7.60. The van der Waals surface area contributed by atoms with E-state index in [9.17, 15) is 0 Å². The fourth-order valence-electron chi connectivity index (χ4n) is 1.13. The van der Waals surface area contributed by atoms with Gasteiger partial charge in [-0.25, -0.2) is 9.97 Å². The molecule has 0 atom stereocenters. The average Bonchev–Trinajstić information content (AvgIpc) is 2.34. The Bertz CT molecular complexity index is 348. The van der Waals surface area contributed by atoms with E-state index in [4.69, 9.17) is 10.00 Å². The van der Waals surface area contributed by atoms with Crippen molar-refractivity contribution < 1.29 is 4.74 Å². The number of nitriles is 1. The van der Waals surface area contributed by atoms with Crippen LogP contribution in [0.1, 0.15) is 25.5 Å². The molecule has 0 aliphatic heterocycles. The monoisotopic (exact) mass is 220 g/mol. The van der Waals surface area contributed by atoms with Gasteiger partial charge < -0.3 is 10.1 Å². The number of aromatic nitrogens is 2. The predicted octanol–water partition coefficient (Wildman–Crippen LogP) is 1.58. The van der Waals surface area contributed by atoms with Crippen molar-refractivity contribution in [3.8, 4) is 6.07 Å². The van der Waals surface area contributed by atoms with Gasteiger partial charge in [0.2, 0.25) is 5.95 Å². The zero-order chi connectivity index (χ0) is 11.6. The van der Waals surface area contributed by atoms with Crippen molar-refractivity contribution in [1.82, 2.24) is 9.97 Å². The summed E-state index contributed by atoms with van der Waals surface area (Å²) in [5.74, 6) is 0.495. The summed E-state index contributed by atoms with van der Waals surface area (Å²) < 4.78 is 5.33. The third-order valence-corrected chi connectivity index (χ3v) is 1.87. The first-order valence-electron chi connectivity index (χ1n) is 5.41. The van der Waals surface area contributed by atoms with Gasteiger partial charge in [0.15, 0.2) is 0 Å². The summed E-state index contributed by atoms with van der Waals surface area (Å²) in [7, 11) is 0. The van der Waals surface area contributed by atoms with Crippen LogP contribution < -0.4 is 5.32 Å². The highest BCUT2D eigenvalue weighted by atomic mass is 16.5. The largest absolute Gasteiger partial charge is 0.381 e. The number of hydrogen-bond donors (Lipinski definition) is 1. The maximum atomic E-state index is 8.64. The zero-order valence-electron chi connectivity index (χ0n) is 9.44. The highest BCUT2D eigenvalue weighted by Gasteiger charge is 1.96. The van der Waals surface area contributed by atoms with E-state index in [1.165, 1.54) is 0 Å². The summed E-state index contributed by atoms with van der Waals surface area (Å²) >= 11 is 0. The van der Waals surface area contributed by atoms with E-state index >= 15 is 0 Å². The molecule has 0 bridgehead atoms. The van der Waals surface area contributed by atoms with Crippen LogP contribution in [0.2, 0.25) is 0 Å². The molecule has 0 fully saturated rings. The van der Waals surface area contributed by atoms with Crippen molar-refractivity contribution >= 4 is 5.95 Å². The van der Waals surface area contributed by atoms with Crippen molar-refractivity contribution in [3.63, 3.8) is 0 Å². The molecular weight excluding hydrogens is 204 g/mol. The summed E-state index contributed by atoms with van der Waals surface area (Å²) in [5, 5.41) is 11.7. The van der Waals surface area contributed by atoms with Crippen molar-refractivity contribution in [2.24, 2.45) is 0 Å². The van der Waals surface area contributed by atoms with Crippen molar-refractivity contribution in [3.05, 3.63) is 18.0 Å². The lowest BCUT2D eigenvalue weighted by molar-refractivity contribution is 0.134. The van der Waals surface area contributed by atoms with Crippen LogP contribution in [0.15, 0.2) is 12.3 Å². The highest BCUT2D eigenvalue weighted by molar-refractivity contribution is 5.29. The fraction of sp³-hybridized carbons (Fsp3) is 0.545. The maximum absolute atomic E-state index is 8.64. The molecule has 5 nitrogen and oxygen atoms in total. The van der Waals surface area contributed by atoms with Crippen LogP contribution in [0, 0.1) is 11.3 Å². The Morgan fingerprint density at radius 1 is 1.50 bits per heavy atom. The molecule has 0 saturated heterocycles. The Morgan fingerprint density at radius 3 is 3.12 bits per heavy atom. The van der Waals surface area contributed by atoms with Gasteiger partial charge >= 0.3 is 0 Å². The molecule has 0 radical (unpaired) electrons. The Hall–Kier alpha value is -1.67. The van der Waals surface area contributed by atoms with Gasteiger partial charge in [-0.1, -0.05) is 6.92 Å². The molecule has 0 aromatic carbocycles. The SMILES string of the molecule is CCCOCCCNc1nccc(C#N)n1. The van der Waals surface area contributed by atoms with Gasteiger partial charge in [0.05, 0.1) is 0 Å². The van der Waals surface area contributed by atoms with Gasteiger partial charge in [-0.2, -0.15) is 5.26 Å². The first kappa shape index (κ1) is 12.4. The van der Waals surface area contributed by atoms with E-state index in [0.717, 1.165) is 32.6 Å². The molecular formula is C11H16N4O. The maximum Gasteiger partial charge on any atom is 0.223 e. The van der Waals surface area contributed by atoms with Crippen molar-refractivity contribution in [1.29, 1.82) is 5.26 Å². The number of ether oxygens (including phenoxy) is 1. The third-order valence-electron chi connectivity index (χ3n) is 1.87. The lowest BCUT2D eigenvalue weighted by atomic mass is 10.4. The normalized spacial score (nSPS) is 9.75. The van der Waals surface area contributed by atoms with Gasteiger partial charge in [0, 0.05) is 26.0 Å². The van der Waals surface area contributed by atoms with Crippen LogP contribution >= 0.6 is 0 Å². The fourth-order valence-corrected chi connectivity index (χ4v) is 1.13. The minimum atomic E-state index is 0.375. The third kappa shape index (κ3) is 4.71. The molecule has 0 saturated carbocycles. The van der Waals surface area contributed by atoms with Crippen LogP contribution in [0.5, 0.6) is 0 Å². The molecule has 16 heavy (non-hydrogen) atoms. The summed E-state index contributed by atoms with van der Waals surface area (Å²) in [6.07, 6.45) is 3.52. The van der Waals surface area contributed by atoms with Crippen LogP contribution in [0.3, 0.4) is 0 Å². The molecule has 0 aliphatic carbocycles. The topological polar surface area (TPSA) is 70.8 Å². The van der Waals surface area contributed by atoms with Crippen LogP contribution in [-0.4, -0.2) is 29.7 Å². The van der Waals surface area contributed by atoms with Gasteiger partial charge in [0.1, 0.15) is 11.8 Å². The summed E-state index contributed by atoms with van der Waals surface area (Å²) in [5.41, 5.74) is 0.375. The quantitative estimate of drug-likeness (QED) is 0.706. The number of hydrogen-bond acceptors (Lipinski definition) is 5. The molecule has 0 amide bonds. The van der Waals surface area contributed by atoms with Crippen LogP contribution in [-0.2, 0) is 4.74 Å². The molecule has 1 rings (SSSR count). The van der Waals surface area contributed by atoms with Gasteiger partial charge in [0.25, 0.3) is 0 Å². The second-order valence-corrected chi connectivity index (χ2v) is 3.27. The highest BCUT2D eigenvalue weighted by Crippen LogP contribution is 1.99. The van der Waals surface area contributed by atoms with Crippen LogP contribution in [0.4, 0.5) is 5.95 Å². The van der Waals surface area contributed by atoms with Gasteiger partial charge in [-0.05, 0) is 18.9 Å². The molecule has 0 aliphatic rings. The van der Waals surface area contributed by atoms with E-state index in [-0.39, 0.29) is 0 Å². The minimum Gasteiger partial charge on any atom is -0.381 e. The van der Waals surface area contributed by atoms with Crippen molar-refractivity contribution in [2.75, 3.05) is 25.1 Å². The van der Waals surface area contributed by atoms with E-state index in [1.807, 2.05) is 6.07 Å². The van der Waals surface area contributed by atoms with E-state index in [2.05, 4.69) is 22.2 Å². The average molecular weight is 220 g/mol. The number of anilines is 1. The zero-order valence-corrected chi connectivity index (χ0v) is 9.44. The van der Waals surface area contributed by atoms with E-state index < -0.39 is 0 Å². The Morgan fingerprint density at radius 2 is 2.38 bits per heavy atom. The summed E-state index contributed by atoms with van der Waals surface area (Å²) in [4.78, 5) is 8.01. The van der Waals surface area contributed by atoms with Gasteiger partial charge in [-0.3, -0.25) is 0 Å². The van der Waals surface area contributed by atoms with Crippen LogP contribution in [0.25, 0.3) is 0 Å². The van der Waals surface area contributed by atoms with E-state index in [1.54, 1.807) is 12.3 Å². The molecule has 1 aromatic rings. The van der Waals surface area contributed by atoms with Gasteiger partial charge in [-0.15, -0.1) is 0 Å². The summed E-state index contributed by atoms with van der Waals surface area (Å²) in [6.45, 7) is 4.37. The number of rotatable bonds is 7. The summed E-state index contributed by atoms with van der Waals surface area (Å²) in [6, 6.07) is 3.55. The molecule has 1 heterocycles. The number of nitrogens with one attached hydrogen (secondary N) is 1. The first-order chi connectivity index (χ1) is 7.86.